The number of hydrogen-bond acceptors (Lipinski definition) is 11. The molecular weight excluding hydrogens is 320 g/mol. The van der Waals surface area contributed by atoms with Crippen LogP contribution in [0.4, 0.5) is 0 Å². The third-order valence-electron chi connectivity index (χ3n) is 3.99. The molecule has 0 spiro atoms. The number of carbonyl (C=O) groups excluding carboxylic acids is 1. The van der Waals surface area contributed by atoms with Crippen molar-refractivity contribution in [2.45, 2.75) is 48.3 Å². The molecule has 9 N–H and O–H groups in total. The van der Waals surface area contributed by atoms with Gasteiger partial charge in [-0.2, -0.15) is 0 Å². The van der Waals surface area contributed by atoms with E-state index >= 15 is 0 Å². The SMILES string of the molecule is O=C(CO)[C@@H](O)[C@H](O)[C@H](O)C(O)[C@]1(CO)O[C@H](CO)[C@@H](O)[C@@H]1O. The van der Waals surface area contributed by atoms with Crippen LogP contribution in [0.2, 0.25) is 0 Å². The van der Waals surface area contributed by atoms with Gasteiger partial charge in [0.1, 0.15) is 54.9 Å². The summed E-state index contributed by atoms with van der Waals surface area (Å²) in [5.74, 6) is -1.23. The maximum absolute atomic E-state index is 11.1. The third kappa shape index (κ3) is 3.53. The number of carbonyl (C=O) groups is 1. The lowest BCUT2D eigenvalue weighted by Gasteiger charge is -2.38. The Kier molecular flexibility index (Phi) is 6.97. The zero-order valence-electron chi connectivity index (χ0n) is 12.0. The number of ketones is 1. The minimum atomic E-state index is -2.37. The summed E-state index contributed by atoms with van der Waals surface area (Å²) >= 11 is 0. The van der Waals surface area contributed by atoms with Crippen molar-refractivity contribution in [2.75, 3.05) is 19.8 Å². The lowest BCUT2D eigenvalue weighted by atomic mass is 9.84. The Hall–Kier alpha value is -0.730. The molecule has 0 amide bonds. The molecule has 0 radical (unpaired) electrons. The van der Waals surface area contributed by atoms with Gasteiger partial charge < -0.3 is 50.7 Å². The van der Waals surface area contributed by atoms with E-state index in [9.17, 15) is 40.5 Å². The fraction of sp³-hybridized carbons (Fsp3) is 0.917. The molecule has 1 rings (SSSR count). The van der Waals surface area contributed by atoms with E-state index in [-0.39, 0.29) is 0 Å². The summed E-state index contributed by atoms with van der Waals surface area (Å²) in [6.07, 6.45) is -14.1. The molecule has 1 fully saturated rings. The standard InChI is InChI=1S/C12H22O11/c13-1-4(16)6(17)8(19)9(20)11(22)12(3-15)10(21)7(18)5(2-14)23-12/h5-11,13-15,17-22H,1-3H2/t5-,6-,7-,8+,9+,10+,11?,12-/m1/s1. The van der Waals surface area contributed by atoms with Crippen molar-refractivity contribution in [1.29, 1.82) is 0 Å². The molecule has 0 saturated carbocycles. The van der Waals surface area contributed by atoms with Crippen molar-refractivity contribution < 1.29 is 55.5 Å². The first kappa shape index (κ1) is 20.3. The highest BCUT2D eigenvalue weighted by Crippen LogP contribution is 2.35. The summed E-state index contributed by atoms with van der Waals surface area (Å²) in [5, 5.41) is 85.8. The maximum atomic E-state index is 11.1. The highest BCUT2D eigenvalue weighted by Gasteiger charge is 2.60. The lowest BCUT2D eigenvalue weighted by molar-refractivity contribution is -0.219. The molecule has 1 aliphatic heterocycles. The molecule has 8 atom stereocenters. The van der Waals surface area contributed by atoms with Gasteiger partial charge in [0.05, 0.1) is 13.2 Å². The van der Waals surface area contributed by atoms with E-state index in [4.69, 9.17) is 14.9 Å². The molecule has 0 aliphatic carbocycles. The maximum Gasteiger partial charge on any atom is 0.189 e. The van der Waals surface area contributed by atoms with Crippen LogP contribution in [-0.2, 0) is 9.53 Å². The smallest absolute Gasteiger partial charge is 0.189 e. The second-order valence-corrected chi connectivity index (χ2v) is 5.38. The number of aliphatic hydroxyl groups excluding tert-OH is 9. The van der Waals surface area contributed by atoms with Gasteiger partial charge in [-0.25, -0.2) is 0 Å². The van der Waals surface area contributed by atoms with Gasteiger partial charge in [-0.3, -0.25) is 4.79 Å². The number of rotatable bonds is 8. The van der Waals surface area contributed by atoms with Crippen molar-refractivity contribution in [2.24, 2.45) is 0 Å². The molecule has 136 valence electrons. The molecule has 11 heteroatoms. The molecule has 0 aromatic carbocycles. The first-order chi connectivity index (χ1) is 10.7. The summed E-state index contributed by atoms with van der Waals surface area (Å²) in [6, 6.07) is 0. The van der Waals surface area contributed by atoms with E-state index in [1.807, 2.05) is 0 Å². The highest BCUT2D eigenvalue weighted by molar-refractivity contribution is 5.84. The van der Waals surface area contributed by atoms with Crippen LogP contribution in [0.3, 0.4) is 0 Å². The molecule has 1 heterocycles. The topological polar surface area (TPSA) is 208 Å². The summed E-state index contributed by atoms with van der Waals surface area (Å²) < 4.78 is 5.03. The van der Waals surface area contributed by atoms with E-state index < -0.39 is 73.9 Å². The molecule has 1 aliphatic rings. The number of Topliss-reactive ketones (excluding diaryl/α,β-unsaturated/α-hetero) is 1. The molecule has 1 saturated heterocycles. The Labute approximate surface area is 130 Å². The van der Waals surface area contributed by atoms with Crippen LogP contribution in [0.25, 0.3) is 0 Å². The zero-order valence-corrected chi connectivity index (χ0v) is 12.0. The Morgan fingerprint density at radius 3 is 2.00 bits per heavy atom. The van der Waals surface area contributed by atoms with E-state index in [0.717, 1.165) is 0 Å². The van der Waals surface area contributed by atoms with Crippen LogP contribution in [-0.4, -0.2) is 120 Å². The monoisotopic (exact) mass is 342 g/mol. The van der Waals surface area contributed by atoms with Gasteiger partial charge in [0.2, 0.25) is 0 Å². The quantitative estimate of drug-likeness (QED) is 0.203. The van der Waals surface area contributed by atoms with Crippen molar-refractivity contribution in [3.8, 4) is 0 Å². The van der Waals surface area contributed by atoms with Crippen LogP contribution in [0.1, 0.15) is 0 Å². The van der Waals surface area contributed by atoms with E-state index in [0.29, 0.717) is 0 Å². The second kappa shape index (κ2) is 7.90. The van der Waals surface area contributed by atoms with Crippen LogP contribution in [0, 0.1) is 0 Å². The minimum absolute atomic E-state index is 0.767. The van der Waals surface area contributed by atoms with Crippen LogP contribution in [0.5, 0.6) is 0 Å². The molecule has 0 aromatic heterocycles. The second-order valence-electron chi connectivity index (χ2n) is 5.38. The van der Waals surface area contributed by atoms with Crippen molar-refractivity contribution in [1.82, 2.24) is 0 Å². The summed E-state index contributed by atoms with van der Waals surface area (Å²) in [7, 11) is 0. The Balaban J connectivity index is 3.00. The van der Waals surface area contributed by atoms with Gasteiger partial charge in [0.25, 0.3) is 0 Å². The predicted molar refractivity (Wildman–Crippen MR) is 69.9 cm³/mol. The lowest BCUT2D eigenvalue weighted by Crippen LogP contribution is -2.63. The molecule has 1 unspecified atom stereocenters. The molecule has 0 aromatic rings. The Bertz CT molecular complexity index is 404. The fourth-order valence-electron chi connectivity index (χ4n) is 2.47. The normalized spacial score (nSPS) is 36.5. The molecule has 11 nitrogen and oxygen atoms in total. The van der Waals surface area contributed by atoms with Crippen LogP contribution in [0.15, 0.2) is 0 Å². The van der Waals surface area contributed by atoms with E-state index in [1.165, 1.54) is 0 Å². The zero-order chi connectivity index (χ0) is 17.9. The average Bonchev–Trinajstić information content (AvgIpc) is 2.83. The highest BCUT2D eigenvalue weighted by atomic mass is 16.6. The van der Waals surface area contributed by atoms with Gasteiger partial charge >= 0.3 is 0 Å². The van der Waals surface area contributed by atoms with Gasteiger partial charge in [-0.1, -0.05) is 0 Å². The summed E-state index contributed by atoms with van der Waals surface area (Å²) in [6.45, 7) is -3.01. The number of hydrogen-bond donors (Lipinski definition) is 9. The summed E-state index contributed by atoms with van der Waals surface area (Å²) in [5.41, 5.74) is -2.37. The van der Waals surface area contributed by atoms with Gasteiger partial charge in [-0.05, 0) is 0 Å². The summed E-state index contributed by atoms with van der Waals surface area (Å²) in [4.78, 5) is 11.1. The largest absolute Gasteiger partial charge is 0.394 e. The van der Waals surface area contributed by atoms with Crippen molar-refractivity contribution in [3.63, 3.8) is 0 Å². The predicted octanol–water partition coefficient (Wildman–Crippen LogP) is -6.16. The van der Waals surface area contributed by atoms with Gasteiger partial charge in [0.15, 0.2) is 5.78 Å². The number of ether oxygens (including phenoxy) is 1. The number of aliphatic hydroxyl groups is 9. The molecule has 23 heavy (non-hydrogen) atoms. The van der Waals surface area contributed by atoms with E-state index in [2.05, 4.69) is 0 Å². The Morgan fingerprint density at radius 1 is 1.04 bits per heavy atom. The third-order valence-corrected chi connectivity index (χ3v) is 3.99. The first-order valence-electron chi connectivity index (χ1n) is 6.79. The molecular formula is C12H22O11. The average molecular weight is 342 g/mol. The fourth-order valence-corrected chi connectivity index (χ4v) is 2.47. The van der Waals surface area contributed by atoms with Gasteiger partial charge in [-0.15, -0.1) is 0 Å². The van der Waals surface area contributed by atoms with Gasteiger partial charge in [0, 0.05) is 0 Å². The molecule has 0 bridgehead atoms. The first-order valence-corrected chi connectivity index (χ1v) is 6.79. The van der Waals surface area contributed by atoms with Crippen molar-refractivity contribution in [3.05, 3.63) is 0 Å². The van der Waals surface area contributed by atoms with Crippen LogP contribution < -0.4 is 0 Å². The minimum Gasteiger partial charge on any atom is -0.394 e. The van der Waals surface area contributed by atoms with Crippen LogP contribution >= 0.6 is 0 Å². The van der Waals surface area contributed by atoms with E-state index in [1.54, 1.807) is 0 Å². The Morgan fingerprint density at radius 2 is 1.61 bits per heavy atom. The van der Waals surface area contributed by atoms with Crippen molar-refractivity contribution >= 4 is 5.78 Å².